The number of hydrogen-bond acceptors (Lipinski definition) is 2. The number of nitrogens with one attached hydrogen (secondary N) is 1. The van der Waals surface area contributed by atoms with Crippen LogP contribution in [-0.4, -0.2) is 23.2 Å². The van der Waals surface area contributed by atoms with Crippen molar-refractivity contribution in [2.24, 2.45) is 5.92 Å². The molecule has 1 aliphatic rings. The summed E-state index contributed by atoms with van der Waals surface area (Å²) in [7, 11) is 0. The minimum Gasteiger partial charge on any atom is -0.394 e. The van der Waals surface area contributed by atoms with Crippen LogP contribution in [0.3, 0.4) is 0 Å². The zero-order valence-electron chi connectivity index (χ0n) is 11.5. The minimum atomic E-state index is -0.719. The molecule has 1 aromatic carbocycles. The predicted molar refractivity (Wildman–Crippen MR) is 76.3 cm³/mol. The molecule has 0 unspecified atom stereocenters. The van der Waals surface area contributed by atoms with Gasteiger partial charge in [-0.05, 0) is 43.7 Å². The fourth-order valence-electron chi connectivity index (χ4n) is 2.62. The molecule has 0 aromatic heterocycles. The van der Waals surface area contributed by atoms with Gasteiger partial charge in [-0.15, -0.1) is 0 Å². The summed E-state index contributed by atoms with van der Waals surface area (Å²) in [6.07, 6.45) is 3.30. The topological polar surface area (TPSA) is 49.3 Å². The lowest BCUT2D eigenvalue weighted by Crippen LogP contribution is -2.53. The Hall–Kier alpha value is -1.13. The van der Waals surface area contributed by atoms with Crippen LogP contribution < -0.4 is 5.32 Å². The molecule has 1 amide bonds. The number of aliphatic hydroxyl groups is 1. The molecule has 0 heterocycles. The fourth-order valence-corrected chi connectivity index (χ4v) is 2.80. The van der Waals surface area contributed by atoms with Crippen molar-refractivity contribution < 1.29 is 14.3 Å². The Balaban J connectivity index is 2.15. The van der Waals surface area contributed by atoms with Crippen LogP contribution in [0.2, 0.25) is 5.02 Å². The van der Waals surface area contributed by atoms with Crippen molar-refractivity contribution in [3.8, 4) is 0 Å². The minimum absolute atomic E-state index is 0.0760. The van der Waals surface area contributed by atoms with Crippen LogP contribution in [0, 0.1) is 11.7 Å². The third kappa shape index (κ3) is 3.13. The van der Waals surface area contributed by atoms with Crippen LogP contribution in [0.15, 0.2) is 18.2 Å². The number of aliphatic hydroxyl groups excluding tert-OH is 1. The molecular formula is C15H19ClFNO2. The van der Waals surface area contributed by atoms with Gasteiger partial charge in [0.1, 0.15) is 0 Å². The zero-order valence-corrected chi connectivity index (χ0v) is 12.2. The second-order valence-corrected chi connectivity index (χ2v) is 6.08. The molecule has 110 valence electrons. The molecule has 1 saturated carbocycles. The van der Waals surface area contributed by atoms with E-state index >= 15 is 0 Å². The van der Waals surface area contributed by atoms with E-state index in [4.69, 9.17) is 11.6 Å². The van der Waals surface area contributed by atoms with Crippen LogP contribution in [0.25, 0.3) is 0 Å². The van der Waals surface area contributed by atoms with Crippen molar-refractivity contribution in [2.45, 2.75) is 38.1 Å². The lowest BCUT2D eigenvalue weighted by molar-refractivity contribution is 0.0713. The molecular weight excluding hydrogens is 281 g/mol. The third-order valence-electron chi connectivity index (χ3n) is 4.11. The summed E-state index contributed by atoms with van der Waals surface area (Å²) >= 11 is 5.68. The number of amides is 1. The first-order chi connectivity index (χ1) is 9.47. The number of hydrogen-bond donors (Lipinski definition) is 2. The van der Waals surface area contributed by atoms with Gasteiger partial charge in [-0.25, -0.2) is 4.39 Å². The Labute approximate surface area is 123 Å². The van der Waals surface area contributed by atoms with Gasteiger partial charge in [-0.2, -0.15) is 0 Å². The van der Waals surface area contributed by atoms with Crippen molar-refractivity contribution in [2.75, 3.05) is 6.61 Å². The van der Waals surface area contributed by atoms with Crippen molar-refractivity contribution in [1.82, 2.24) is 5.32 Å². The monoisotopic (exact) mass is 299 g/mol. The van der Waals surface area contributed by atoms with Gasteiger partial charge in [0.2, 0.25) is 0 Å². The third-order valence-corrected chi connectivity index (χ3v) is 4.40. The summed E-state index contributed by atoms with van der Waals surface area (Å²) in [5, 5.41) is 12.3. The molecule has 0 bridgehead atoms. The lowest BCUT2D eigenvalue weighted by atomic mass is 9.77. The maximum atomic E-state index is 13.8. The molecule has 2 rings (SSSR count). The molecule has 20 heavy (non-hydrogen) atoms. The summed E-state index contributed by atoms with van der Waals surface area (Å²) < 4.78 is 13.8. The Morgan fingerprint density at radius 3 is 2.75 bits per heavy atom. The molecule has 0 radical (unpaired) electrons. The molecule has 0 aliphatic heterocycles. The van der Waals surface area contributed by atoms with Gasteiger partial charge in [0, 0.05) is 0 Å². The second-order valence-electron chi connectivity index (χ2n) is 5.68. The molecule has 1 aliphatic carbocycles. The first-order valence-electron chi connectivity index (χ1n) is 6.85. The van der Waals surface area contributed by atoms with E-state index in [1.54, 1.807) is 0 Å². The SMILES string of the molecule is CC1CCC(CO)(NC(=O)c2cccc(Cl)c2F)CC1. The molecule has 0 saturated heterocycles. The summed E-state index contributed by atoms with van der Waals surface area (Å²) in [6.45, 7) is 2.02. The van der Waals surface area contributed by atoms with Gasteiger partial charge >= 0.3 is 0 Å². The van der Waals surface area contributed by atoms with Crippen molar-refractivity contribution in [1.29, 1.82) is 0 Å². The zero-order chi connectivity index (χ0) is 14.8. The first kappa shape index (κ1) is 15.3. The van der Waals surface area contributed by atoms with E-state index < -0.39 is 17.3 Å². The number of benzene rings is 1. The van der Waals surface area contributed by atoms with Gasteiger partial charge < -0.3 is 10.4 Å². The average molecular weight is 300 g/mol. The van der Waals surface area contributed by atoms with Crippen LogP contribution >= 0.6 is 11.6 Å². The van der Waals surface area contributed by atoms with E-state index in [0.29, 0.717) is 18.8 Å². The predicted octanol–water partition coefficient (Wildman–Crippen LogP) is 3.15. The van der Waals surface area contributed by atoms with Gasteiger partial charge in [-0.1, -0.05) is 24.6 Å². The number of carbonyl (C=O) groups excluding carboxylic acids is 1. The van der Waals surface area contributed by atoms with Crippen molar-refractivity contribution in [3.63, 3.8) is 0 Å². The molecule has 3 nitrogen and oxygen atoms in total. The smallest absolute Gasteiger partial charge is 0.254 e. The van der Waals surface area contributed by atoms with Crippen LogP contribution in [-0.2, 0) is 0 Å². The Bertz CT molecular complexity index is 499. The van der Waals surface area contributed by atoms with Gasteiger partial charge in [-0.3, -0.25) is 4.79 Å². The highest BCUT2D eigenvalue weighted by atomic mass is 35.5. The summed E-state index contributed by atoms with van der Waals surface area (Å²) in [5.74, 6) is -0.646. The van der Waals surface area contributed by atoms with Crippen molar-refractivity contribution in [3.05, 3.63) is 34.6 Å². The normalized spacial score (nSPS) is 26.3. The molecule has 0 spiro atoms. The molecule has 5 heteroatoms. The van der Waals surface area contributed by atoms with Crippen molar-refractivity contribution >= 4 is 17.5 Å². The van der Waals surface area contributed by atoms with E-state index in [2.05, 4.69) is 12.2 Å². The fraction of sp³-hybridized carbons (Fsp3) is 0.533. The number of halogens is 2. The van der Waals surface area contributed by atoms with E-state index in [0.717, 1.165) is 12.8 Å². The highest BCUT2D eigenvalue weighted by Gasteiger charge is 2.35. The maximum Gasteiger partial charge on any atom is 0.254 e. The largest absolute Gasteiger partial charge is 0.394 e. The Morgan fingerprint density at radius 2 is 2.15 bits per heavy atom. The van der Waals surface area contributed by atoms with Crippen LogP contribution in [0.4, 0.5) is 4.39 Å². The maximum absolute atomic E-state index is 13.8. The molecule has 1 fully saturated rings. The highest BCUT2D eigenvalue weighted by molar-refractivity contribution is 6.31. The average Bonchev–Trinajstić information content (AvgIpc) is 2.44. The standard InChI is InChI=1S/C15H19ClFNO2/c1-10-5-7-15(9-19,8-6-10)18-14(20)11-3-2-4-12(16)13(11)17/h2-4,10,19H,5-9H2,1H3,(H,18,20). The number of rotatable bonds is 3. The molecule has 0 atom stereocenters. The summed E-state index contributed by atoms with van der Waals surface area (Å²) in [6, 6.07) is 4.33. The molecule has 1 aromatic rings. The van der Waals surface area contributed by atoms with E-state index in [9.17, 15) is 14.3 Å². The van der Waals surface area contributed by atoms with Gasteiger partial charge in [0.15, 0.2) is 5.82 Å². The lowest BCUT2D eigenvalue weighted by Gasteiger charge is -2.38. The second kappa shape index (κ2) is 6.10. The Kier molecular flexibility index (Phi) is 4.66. The van der Waals surface area contributed by atoms with Gasteiger partial charge in [0.05, 0.1) is 22.7 Å². The van der Waals surface area contributed by atoms with E-state index in [1.165, 1.54) is 18.2 Å². The number of carbonyl (C=O) groups is 1. The summed E-state index contributed by atoms with van der Waals surface area (Å²) in [5.41, 5.74) is -0.720. The Morgan fingerprint density at radius 1 is 1.50 bits per heavy atom. The summed E-state index contributed by atoms with van der Waals surface area (Å²) in [4.78, 5) is 12.2. The van der Waals surface area contributed by atoms with E-state index in [-0.39, 0.29) is 17.2 Å². The van der Waals surface area contributed by atoms with Gasteiger partial charge in [0.25, 0.3) is 5.91 Å². The van der Waals surface area contributed by atoms with Crippen LogP contribution in [0.5, 0.6) is 0 Å². The van der Waals surface area contributed by atoms with Crippen LogP contribution in [0.1, 0.15) is 43.0 Å². The molecule has 2 N–H and O–H groups in total. The quantitative estimate of drug-likeness (QED) is 0.901. The highest BCUT2D eigenvalue weighted by Crippen LogP contribution is 2.32. The van der Waals surface area contributed by atoms with E-state index in [1.807, 2.05) is 0 Å². The first-order valence-corrected chi connectivity index (χ1v) is 7.22.